The second kappa shape index (κ2) is 6.02. The summed E-state index contributed by atoms with van der Waals surface area (Å²) in [5.74, 6) is 2.46. The number of rotatable bonds is 4. The maximum atomic E-state index is 5.38. The van der Waals surface area contributed by atoms with Crippen molar-refractivity contribution in [3.05, 3.63) is 23.8 Å². The Hall–Kier alpha value is -1.26. The quantitative estimate of drug-likeness (QED) is 0.910. The zero-order chi connectivity index (χ0) is 13.9. The monoisotopic (exact) mass is 276 g/mol. The lowest BCUT2D eigenvalue weighted by Crippen LogP contribution is -2.40. The van der Waals surface area contributed by atoms with Crippen molar-refractivity contribution in [3.63, 3.8) is 0 Å². The molecule has 2 fully saturated rings. The zero-order valence-corrected chi connectivity index (χ0v) is 12.4. The molecule has 1 aromatic rings. The van der Waals surface area contributed by atoms with Crippen molar-refractivity contribution in [2.75, 3.05) is 33.9 Å². The Morgan fingerprint density at radius 2 is 2.05 bits per heavy atom. The number of fused-ring (bicyclic) bond motifs is 1. The van der Waals surface area contributed by atoms with E-state index < -0.39 is 0 Å². The summed E-state index contributed by atoms with van der Waals surface area (Å²) in [5.41, 5.74) is 1.29. The van der Waals surface area contributed by atoms with Gasteiger partial charge in [0.05, 0.1) is 14.2 Å². The molecular formula is C16H24N2O2. The predicted molar refractivity (Wildman–Crippen MR) is 79.3 cm³/mol. The molecule has 0 amide bonds. The maximum absolute atomic E-state index is 5.38. The van der Waals surface area contributed by atoms with E-state index in [-0.39, 0.29) is 0 Å². The van der Waals surface area contributed by atoms with Crippen LogP contribution in [0.1, 0.15) is 18.4 Å². The van der Waals surface area contributed by atoms with Gasteiger partial charge in [-0.3, -0.25) is 4.90 Å². The van der Waals surface area contributed by atoms with E-state index in [0.717, 1.165) is 24.0 Å². The average molecular weight is 276 g/mol. The standard InChI is InChI=1S/C16H24N2O2/c1-19-15-6-5-12(8-16(15)20-2)9-18-10-13-4-3-7-17-14(13)11-18/h5-6,8,13-14,17H,3-4,7,9-11H2,1-2H3. The molecule has 1 N–H and O–H groups in total. The summed E-state index contributed by atoms with van der Waals surface area (Å²) in [6.45, 7) is 4.56. The number of nitrogens with one attached hydrogen (secondary N) is 1. The van der Waals surface area contributed by atoms with Crippen LogP contribution in [0, 0.1) is 5.92 Å². The first kappa shape index (κ1) is 13.7. The third kappa shape index (κ3) is 2.76. The molecule has 2 atom stereocenters. The lowest BCUT2D eigenvalue weighted by Gasteiger charge is -2.24. The van der Waals surface area contributed by atoms with Gasteiger partial charge in [0.15, 0.2) is 11.5 Å². The van der Waals surface area contributed by atoms with E-state index in [1.165, 1.54) is 38.0 Å². The van der Waals surface area contributed by atoms with Crippen LogP contribution < -0.4 is 14.8 Å². The van der Waals surface area contributed by atoms with E-state index in [4.69, 9.17) is 9.47 Å². The van der Waals surface area contributed by atoms with Gasteiger partial charge in [-0.1, -0.05) is 6.07 Å². The predicted octanol–water partition coefficient (Wildman–Crippen LogP) is 1.89. The highest BCUT2D eigenvalue weighted by atomic mass is 16.5. The second-order valence-electron chi connectivity index (χ2n) is 5.85. The molecule has 0 saturated carbocycles. The third-order valence-corrected chi connectivity index (χ3v) is 4.53. The van der Waals surface area contributed by atoms with Gasteiger partial charge in [0, 0.05) is 25.7 Å². The number of benzene rings is 1. The molecule has 2 aliphatic rings. The number of piperidine rings is 1. The average Bonchev–Trinajstić information content (AvgIpc) is 2.89. The summed E-state index contributed by atoms with van der Waals surface area (Å²) in [6.07, 6.45) is 2.70. The molecule has 1 aromatic carbocycles. The summed E-state index contributed by atoms with van der Waals surface area (Å²) < 4.78 is 10.7. The lowest BCUT2D eigenvalue weighted by molar-refractivity contribution is 0.310. The first-order valence-corrected chi connectivity index (χ1v) is 7.47. The minimum absolute atomic E-state index is 0.698. The largest absolute Gasteiger partial charge is 0.493 e. The topological polar surface area (TPSA) is 33.7 Å². The summed E-state index contributed by atoms with van der Waals surface area (Å²) in [4.78, 5) is 2.55. The molecule has 0 spiro atoms. The number of hydrogen-bond donors (Lipinski definition) is 1. The Morgan fingerprint density at radius 1 is 1.20 bits per heavy atom. The van der Waals surface area contributed by atoms with Gasteiger partial charge in [0.1, 0.15) is 0 Å². The van der Waals surface area contributed by atoms with Crippen molar-refractivity contribution in [3.8, 4) is 11.5 Å². The number of ether oxygens (including phenoxy) is 2. The lowest BCUT2D eigenvalue weighted by atomic mass is 9.94. The van der Waals surface area contributed by atoms with Gasteiger partial charge in [0.2, 0.25) is 0 Å². The van der Waals surface area contributed by atoms with Crippen molar-refractivity contribution in [2.24, 2.45) is 5.92 Å². The number of likely N-dealkylation sites (tertiary alicyclic amines) is 1. The summed E-state index contributed by atoms with van der Waals surface area (Å²) in [6, 6.07) is 6.92. The maximum Gasteiger partial charge on any atom is 0.161 e. The van der Waals surface area contributed by atoms with Crippen molar-refractivity contribution >= 4 is 0 Å². The Morgan fingerprint density at radius 3 is 2.80 bits per heavy atom. The SMILES string of the molecule is COc1ccc(CN2CC3CCCNC3C2)cc1OC. The van der Waals surface area contributed by atoms with Crippen molar-refractivity contribution in [1.82, 2.24) is 10.2 Å². The number of nitrogens with zero attached hydrogens (tertiary/aromatic N) is 1. The highest BCUT2D eigenvalue weighted by molar-refractivity contribution is 5.42. The van der Waals surface area contributed by atoms with Crippen LogP contribution in [-0.2, 0) is 6.54 Å². The Bertz CT molecular complexity index is 450. The summed E-state index contributed by atoms with van der Waals surface area (Å²) in [7, 11) is 3.37. The van der Waals surface area contributed by atoms with Gasteiger partial charge in [-0.15, -0.1) is 0 Å². The Balaban J connectivity index is 1.66. The van der Waals surface area contributed by atoms with Gasteiger partial charge in [-0.2, -0.15) is 0 Å². The second-order valence-corrected chi connectivity index (χ2v) is 5.85. The molecule has 110 valence electrons. The van der Waals surface area contributed by atoms with Crippen molar-refractivity contribution in [1.29, 1.82) is 0 Å². The van der Waals surface area contributed by atoms with Crippen LogP contribution in [0.2, 0.25) is 0 Å². The molecule has 0 radical (unpaired) electrons. The number of hydrogen-bond acceptors (Lipinski definition) is 4. The van der Waals surface area contributed by atoms with Crippen molar-refractivity contribution < 1.29 is 9.47 Å². The van der Waals surface area contributed by atoms with Crippen LogP contribution in [0.5, 0.6) is 11.5 Å². The molecule has 4 heteroatoms. The van der Waals surface area contributed by atoms with E-state index in [2.05, 4.69) is 22.3 Å². The van der Waals surface area contributed by atoms with E-state index >= 15 is 0 Å². The summed E-state index contributed by atoms with van der Waals surface area (Å²) in [5, 5.41) is 3.65. The first-order chi connectivity index (χ1) is 9.80. The third-order valence-electron chi connectivity index (χ3n) is 4.53. The molecule has 4 nitrogen and oxygen atoms in total. The van der Waals surface area contributed by atoms with Gasteiger partial charge in [-0.05, 0) is 43.0 Å². The van der Waals surface area contributed by atoms with E-state index in [0.29, 0.717) is 6.04 Å². The molecule has 2 aliphatic heterocycles. The highest BCUT2D eigenvalue weighted by Crippen LogP contribution is 2.30. The summed E-state index contributed by atoms with van der Waals surface area (Å²) >= 11 is 0. The van der Waals surface area contributed by atoms with Gasteiger partial charge >= 0.3 is 0 Å². The highest BCUT2D eigenvalue weighted by Gasteiger charge is 2.33. The Labute approximate surface area is 121 Å². The minimum Gasteiger partial charge on any atom is -0.493 e. The minimum atomic E-state index is 0.698. The Kier molecular flexibility index (Phi) is 4.13. The van der Waals surface area contributed by atoms with Crippen LogP contribution in [0.3, 0.4) is 0 Å². The molecule has 2 saturated heterocycles. The van der Waals surface area contributed by atoms with Crippen molar-refractivity contribution in [2.45, 2.75) is 25.4 Å². The molecule has 2 heterocycles. The van der Waals surface area contributed by atoms with Crippen LogP contribution in [0.25, 0.3) is 0 Å². The molecule has 0 aliphatic carbocycles. The van der Waals surface area contributed by atoms with E-state index in [9.17, 15) is 0 Å². The molecule has 2 unspecified atom stereocenters. The molecule has 3 rings (SSSR count). The zero-order valence-electron chi connectivity index (χ0n) is 12.4. The fourth-order valence-corrected chi connectivity index (χ4v) is 3.50. The fourth-order valence-electron chi connectivity index (χ4n) is 3.50. The smallest absolute Gasteiger partial charge is 0.161 e. The van der Waals surface area contributed by atoms with Gasteiger partial charge in [0.25, 0.3) is 0 Å². The van der Waals surface area contributed by atoms with Crippen LogP contribution in [0.15, 0.2) is 18.2 Å². The molecule has 20 heavy (non-hydrogen) atoms. The molecule has 0 bridgehead atoms. The molecule has 0 aromatic heterocycles. The normalized spacial score (nSPS) is 26.3. The van der Waals surface area contributed by atoms with E-state index in [1.807, 2.05) is 6.07 Å². The van der Waals surface area contributed by atoms with E-state index in [1.54, 1.807) is 14.2 Å². The van der Waals surface area contributed by atoms with Gasteiger partial charge < -0.3 is 14.8 Å². The van der Waals surface area contributed by atoms with Gasteiger partial charge in [-0.25, -0.2) is 0 Å². The number of methoxy groups -OCH3 is 2. The molecular weight excluding hydrogens is 252 g/mol. The van der Waals surface area contributed by atoms with Crippen LogP contribution in [0.4, 0.5) is 0 Å². The first-order valence-electron chi connectivity index (χ1n) is 7.47. The van der Waals surface area contributed by atoms with Crippen LogP contribution in [-0.4, -0.2) is 44.8 Å². The fraction of sp³-hybridized carbons (Fsp3) is 0.625. The van der Waals surface area contributed by atoms with Crippen LogP contribution >= 0.6 is 0 Å².